The van der Waals surface area contributed by atoms with Crippen molar-refractivity contribution in [3.63, 3.8) is 0 Å². The first-order valence-corrected chi connectivity index (χ1v) is 9.77. The van der Waals surface area contributed by atoms with Crippen molar-refractivity contribution in [3.05, 3.63) is 28.7 Å². The van der Waals surface area contributed by atoms with E-state index in [0.29, 0.717) is 9.47 Å². The highest BCUT2D eigenvalue weighted by Gasteiger charge is 2.23. The van der Waals surface area contributed by atoms with Gasteiger partial charge >= 0.3 is 6.03 Å². The monoisotopic (exact) mass is 427 g/mol. The number of hydrogen-bond acceptors (Lipinski definition) is 7. The van der Waals surface area contributed by atoms with Crippen LogP contribution in [0.2, 0.25) is 0 Å². The molecule has 3 N–H and O–H groups in total. The normalized spacial score (nSPS) is 13.4. The van der Waals surface area contributed by atoms with Gasteiger partial charge in [-0.3, -0.25) is 10.1 Å². The highest BCUT2D eigenvalue weighted by Crippen LogP contribution is 2.28. The molecule has 0 atom stereocenters. The van der Waals surface area contributed by atoms with Gasteiger partial charge < -0.3 is 10.6 Å². The Labute approximate surface area is 155 Å². The molecule has 1 aliphatic carbocycles. The minimum atomic E-state index is -0.433. The van der Waals surface area contributed by atoms with Crippen LogP contribution in [0.5, 0.6) is 0 Å². The fraction of sp³-hybridized carbons (Fsp3) is 0.286. The third-order valence-electron chi connectivity index (χ3n) is 2.97. The smallest absolute Gasteiger partial charge is 0.321 e. The van der Waals surface area contributed by atoms with Crippen LogP contribution in [0.3, 0.4) is 0 Å². The van der Waals surface area contributed by atoms with Crippen molar-refractivity contribution in [2.75, 3.05) is 11.1 Å². The number of urea groups is 1. The predicted octanol–water partition coefficient (Wildman–Crippen LogP) is 3.12. The van der Waals surface area contributed by atoms with Gasteiger partial charge in [0.1, 0.15) is 0 Å². The minimum absolute atomic E-state index is 0.115. The van der Waals surface area contributed by atoms with Crippen molar-refractivity contribution in [3.8, 4) is 0 Å². The van der Waals surface area contributed by atoms with Crippen LogP contribution in [0.15, 0.2) is 33.1 Å². The lowest BCUT2D eigenvalue weighted by molar-refractivity contribution is -0.117. The summed E-state index contributed by atoms with van der Waals surface area (Å²) < 4.78 is 1.62. The maximum atomic E-state index is 11.7. The quantitative estimate of drug-likeness (QED) is 0.612. The van der Waals surface area contributed by atoms with E-state index in [0.717, 1.165) is 23.0 Å². The predicted molar refractivity (Wildman–Crippen MR) is 97.8 cm³/mol. The number of anilines is 2. The SMILES string of the molecule is O=C(CSc1nnc(Nc2cccc(Br)c2)s1)NC(=O)NC1CC1. The van der Waals surface area contributed by atoms with Gasteiger partial charge in [-0.25, -0.2) is 4.79 Å². The highest BCUT2D eigenvalue weighted by atomic mass is 79.9. The van der Waals surface area contributed by atoms with Gasteiger partial charge in [0.05, 0.1) is 5.75 Å². The number of rotatable bonds is 6. The highest BCUT2D eigenvalue weighted by molar-refractivity contribution is 9.10. The Morgan fingerprint density at radius 2 is 2.17 bits per heavy atom. The molecule has 10 heteroatoms. The number of benzene rings is 1. The van der Waals surface area contributed by atoms with Gasteiger partial charge in [-0.2, -0.15) is 0 Å². The van der Waals surface area contributed by atoms with E-state index in [1.807, 2.05) is 24.3 Å². The molecule has 1 saturated carbocycles. The van der Waals surface area contributed by atoms with Crippen LogP contribution < -0.4 is 16.0 Å². The standard InChI is InChI=1S/C14H14BrN5O2S2/c15-8-2-1-3-10(6-8)17-13-19-20-14(24-13)23-7-11(21)18-12(22)16-9-4-5-9/h1-3,6,9H,4-5,7H2,(H,17,19)(H2,16,18,21,22). The zero-order chi connectivity index (χ0) is 16.9. The summed E-state index contributed by atoms with van der Waals surface area (Å²) in [6.07, 6.45) is 1.96. The molecule has 0 spiro atoms. The number of carbonyl (C=O) groups excluding carboxylic acids is 2. The first-order valence-electron chi connectivity index (χ1n) is 7.18. The third-order valence-corrected chi connectivity index (χ3v) is 5.44. The molecule has 0 aliphatic heterocycles. The second-order valence-electron chi connectivity index (χ2n) is 5.09. The molecule has 1 aromatic heterocycles. The van der Waals surface area contributed by atoms with Gasteiger partial charge in [0.25, 0.3) is 0 Å². The van der Waals surface area contributed by atoms with Crippen LogP contribution in [-0.4, -0.2) is 33.9 Å². The topological polar surface area (TPSA) is 96.0 Å². The van der Waals surface area contributed by atoms with Crippen molar-refractivity contribution in [1.82, 2.24) is 20.8 Å². The Hall–Kier alpha value is -1.65. The number of hydrogen-bond donors (Lipinski definition) is 3. The molecule has 2 aromatic rings. The fourth-order valence-electron chi connectivity index (χ4n) is 1.75. The van der Waals surface area contributed by atoms with Crippen molar-refractivity contribution in [2.45, 2.75) is 23.2 Å². The number of amides is 3. The van der Waals surface area contributed by atoms with Gasteiger partial charge in [0, 0.05) is 16.2 Å². The summed E-state index contributed by atoms with van der Waals surface area (Å²) in [7, 11) is 0. The van der Waals surface area contributed by atoms with E-state index in [1.165, 1.54) is 23.1 Å². The molecule has 3 amide bonds. The Morgan fingerprint density at radius 1 is 1.33 bits per heavy atom. The molecule has 1 aromatic carbocycles. The molecular formula is C14H14BrN5O2S2. The minimum Gasteiger partial charge on any atom is -0.335 e. The summed E-state index contributed by atoms with van der Waals surface area (Å²) in [6, 6.07) is 7.49. The number of carbonyl (C=O) groups is 2. The zero-order valence-electron chi connectivity index (χ0n) is 12.4. The number of halogens is 1. The lowest BCUT2D eigenvalue weighted by atomic mass is 10.3. The van der Waals surface area contributed by atoms with E-state index in [-0.39, 0.29) is 17.7 Å². The van der Waals surface area contributed by atoms with E-state index >= 15 is 0 Å². The van der Waals surface area contributed by atoms with Gasteiger partial charge in [-0.05, 0) is 31.0 Å². The first-order chi connectivity index (χ1) is 11.6. The maximum absolute atomic E-state index is 11.7. The van der Waals surface area contributed by atoms with E-state index in [9.17, 15) is 9.59 Å². The second kappa shape index (κ2) is 7.95. The van der Waals surface area contributed by atoms with E-state index in [2.05, 4.69) is 42.1 Å². The summed E-state index contributed by atoms with van der Waals surface area (Å²) in [4.78, 5) is 23.2. The van der Waals surface area contributed by atoms with Gasteiger partial charge in [-0.1, -0.05) is 45.1 Å². The molecule has 0 radical (unpaired) electrons. The van der Waals surface area contributed by atoms with E-state index in [4.69, 9.17) is 0 Å². The van der Waals surface area contributed by atoms with Crippen LogP contribution in [0, 0.1) is 0 Å². The summed E-state index contributed by atoms with van der Waals surface area (Å²) in [5.74, 6) is -0.237. The van der Waals surface area contributed by atoms with Crippen LogP contribution in [0.4, 0.5) is 15.6 Å². The van der Waals surface area contributed by atoms with E-state index < -0.39 is 6.03 Å². The molecule has 1 aliphatic rings. The van der Waals surface area contributed by atoms with Crippen molar-refractivity contribution in [1.29, 1.82) is 0 Å². The Morgan fingerprint density at radius 3 is 2.92 bits per heavy atom. The fourth-order valence-corrected chi connectivity index (χ4v) is 3.72. The van der Waals surface area contributed by atoms with Gasteiger partial charge in [0.15, 0.2) is 4.34 Å². The Balaban J connectivity index is 1.45. The van der Waals surface area contributed by atoms with Crippen LogP contribution in [0.25, 0.3) is 0 Å². The number of nitrogens with zero attached hydrogens (tertiary/aromatic N) is 2. The van der Waals surface area contributed by atoms with Crippen molar-refractivity contribution >= 4 is 61.8 Å². The summed E-state index contributed by atoms with van der Waals surface area (Å²) >= 11 is 6.00. The number of aromatic nitrogens is 2. The lowest BCUT2D eigenvalue weighted by Gasteiger charge is -2.04. The van der Waals surface area contributed by atoms with Crippen molar-refractivity contribution in [2.24, 2.45) is 0 Å². The maximum Gasteiger partial charge on any atom is 0.321 e. The molecule has 7 nitrogen and oxygen atoms in total. The molecular weight excluding hydrogens is 414 g/mol. The lowest BCUT2D eigenvalue weighted by Crippen LogP contribution is -2.41. The zero-order valence-corrected chi connectivity index (χ0v) is 15.6. The molecule has 126 valence electrons. The molecule has 24 heavy (non-hydrogen) atoms. The summed E-state index contributed by atoms with van der Waals surface area (Å²) in [5, 5.41) is 16.9. The molecule has 1 fully saturated rings. The molecule has 1 heterocycles. The van der Waals surface area contributed by atoms with Crippen LogP contribution in [-0.2, 0) is 4.79 Å². The third kappa shape index (κ3) is 5.46. The summed E-state index contributed by atoms with van der Waals surface area (Å²) in [6.45, 7) is 0. The van der Waals surface area contributed by atoms with Gasteiger partial charge in [-0.15, -0.1) is 10.2 Å². The number of imide groups is 1. The molecule has 3 rings (SSSR count). The number of thioether (sulfide) groups is 1. The number of nitrogens with one attached hydrogen (secondary N) is 3. The Bertz CT molecular complexity index is 750. The first kappa shape index (κ1) is 17.2. The van der Waals surface area contributed by atoms with Crippen LogP contribution >= 0.6 is 39.0 Å². The van der Waals surface area contributed by atoms with E-state index in [1.54, 1.807) is 0 Å². The van der Waals surface area contributed by atoms with Crippen LogP contribution in [0.1, 0.15) is 12.8 Å². The average Bonchev–Trinajstić information content (AvgIpc) is 3.22. The molecule has 0 unspecified atom stereocenters. The second-order valence-corrected chi connectivity index (χ2v) is 8.21. The van der Waals surface area contributed by atoms with Crippen molar-refractivity contribution < 1.29 is 9.59 Å². The summed E-state index contributed by atoms with van der Waals surface area (Å²) in [5.41, 5.74) is 0.895. The largest absolute Gasteiger partial charge is 0.335 e. The average molecular weight is 428 g/mol. The Kier molecular flexibility index (Phi) is 5.69. The molecule has 0 bridgehead atoms. The van der Waals surface area contributed by atoms with Gasteiger partial charge in [0.2, 0.25) is 11.0 Å². The molecule has 0 saturated heterocycles.